The summed E-state index contributed by atoms with van der Waals surface area (Å²) in [6.45, 7) is 1.11. The van der Waals surface area contributed by atoms with Gasteiger partial charge in [0.25, 0.3) is 5.91 Å². The Morgan fingerprint density at radius 2 is 1.79 bits per heavy atom. The molecule has 5 nitrogen and oxygen atoms in total. The number of piperidine rings is 1. The molecule has 2 aliphatic rings. The summed E-state index contributed by atoms with van der Waals surface area (Å²) in [6.07, 6.45) is 1.23. The van der Waals surface area contributed by atoms with Gasteiger partial charge in [0, 0.05) is 37.2 Å². The van der Waals surface area contributed by atoms with Crippen molar-refractivity contribution in [1.82, 2.24) is 4.90 Å². The van der Waals surface area contributed by atoms with Crippen LogP contribution in [0.3, 0.4) is 0 Å². The molecule has 0 unspecified atom stereocenters. The maximum atomic E-state index is 14.1. The van der Waals surface area contributed by atoms with Gasteiger partial charge in [-0.25, -0.2) is 9.38 Å². The van der Waals surface area contributed by atoms with Gasteiger partial charge in [-0.15, -0.1) is 0 Å². The summed E-state index contributed by atoms with van der Waals surface area (Å²) in [6, 6.07) is 18.7. The number of rotatable bonds is 1. The molecule has 0 bridgehead atoms. The second-order valence-corrected chi connectivity index (χ2v) is 7.67. The van der Waals surface area contributed by atoms with Gasteiger partial charge in [-0.05, 0) is 35.0 Å². The van der Waals surface area contributed by atoms with E-state index in [1.807, 2.05) is 53.4 Å². The van der Waals surface area contributed by atoms with Gasteiger partial charge in [0.1, 0.15) is 17.3 Å². The lowest BCUT2D eigenvalue weighted by atomic mass is 9.93. The Bertz CT molecular complexity index is 1150. The monoisotopic (exact) mass is 388 g/mol. The smallest absolute Gasteiger partial charge is 0.253 e. The minimum atomic E-state index is -0.592. The predicted molar refractivity (Wildman–Crippen MR) is 113 cm³/mol. The molecule has 3 aromatic carbocycles. The number of carbonyl (C=O) groups excluding carboxylic acids is 1. The lowest BCUT2D eigenvalue weighted by Gasteiger charge is -2.42. The average Bonchev–Trinajstić information content (AvgIpc) is 2.73. The molecular formula is C23H21FN4O. The van der Waals surface area contributed by atoms with Crippen LogP contribution in [0.15, 0.2) is 65.7 Å². The van der Waals surface area contributed by atoms with Crippen molar-refractivity contribution in [3.05, 3.63) is 77.6 Å². The van der Waals surface area contributed by atoms with Crippen LogP contribution in [0.25, 0.3) is 10.8 Å². The van der Waals surface area contributed by atoms with E-state index < -0.39 is 5.66 Å². The number of fused-ring (bicyclic) bond motifs is 2. The summed E-state index contributed by atoms with van der Waals surface area (Å²) < 4.78 is 14.1. The topological polar surface area (TPSA) is 70.7 Å². The van der Waals surface area contributed by atoms with E-state index in [4.69, 9.17) is 5.73 Å². The fourth-order valence-electron chi connectivity index (χ4n) is 4.28. The van der Waals surface area contributed by atoms with E-state index >= 15 is 0 Å². The second-order valence-electron chi connectivity index (χ2n) is 7.67. The van der Waals surface area contributed by atoms with Gasteiger partial charge in [-0.1, -0.05) is 36.4 Å². The molecule has 1 fully saturated rings. The maximum Gasteiger partial charge on any atom is 0.253 e. The molecule has 0 saturated carbocycles. The molecule has 5 rings (SSSR count). The Hall–Kier alpha value is -3.41. The summed E-state index contributed by atoms with van der Waals surface area (Å²) >= 11 is 0. The zero-order chi connectivity index (χ0) is 20.0. The van der Waals surface area contributed by atoms with Crippen molar-refractivity contribution in [2.75, 3.05) is 18.4 Å². The zero-order valence-electron chi connectivity index (χ0n) is 15.9. The summed E-state index contributed by atoms with van der Waals surface area (Å²) in [4.78, 5) is 19.5. The second kappa shape index (κ2) is 6.58. The molecule has 0 atom stereocenters. The Labute approximate surface area is 168 Å². The van der Waals surface area contributed by atoms with Gasteiger partial charge < -0.3 is 16.0 Å². The van der Waals surface area contributed by atoms with Gasteiger partial charge in [-0.3, -0.25) is 4.79 Å². The molecule has 3 N–H and O–H groups in total. The number of hydrogen-bond acceptors (Lipinski definition) is 4. The number of likely N-dealkylation sites (tertiary alicyclic amines) is 1. The van der Waals surface area contributed by atoms with Crippen molar-refractivity contribution >= 4 is 28.2 Å². The van der Waals surface area contributed by atoms with Crippen LogP contribution in [-0.2, 0) is 0 Å². The van der Waals surface area contributed by atoms with Crippen LogP contribution in [0.4, 0.5) is 10.1 Å². The number of nitrogens with zero attached hydrogens (tertiary/aromatic N) is 2. The van der Waals surface area contributed by atoms with E-state index in [2.05, 4.69) is 10.3 Å². The molecule has 29 heavy (non-hydrogen) atoms. The minimum Gasteiger partial charge on any atom is -0.383 e. The summed E-state index contributed by atoms with van der Waals surface area (Å²) in [5, 5.41) is 5.53. The Kier molecular flexibility index (Phi) is 4.01. The first-order valence-electron chi connectivity index (χ1n) is 9.75. The van der Waals surface area contributed by atoms with E-state index in [1.54, 1.807) is 6.07 Å². The first kappa shape index (κ1) is 17.7. The van der Waals surface area contributed by atoms with Crippen LogP contribution in [-0.4, -0.2) is 35.4 Å². The molecule has 2 aliphatic heterocycles. The Balaban J connectivity index is 1.35. The standard InChI is InChI=1S/C23H21FN4O/c24-18-6-3-7-19-20(18)21(25)27-23(26-19)10-12-28(13-11-23)22(29)17-9-8-15-4-1-2-5-16(15)14-17/h1-9,14,26H,10-13H2,(H2,25,27). The number of aliphatic imine (C=N–C) groups is 1. The fraction of sp³-hybridized carbons (Fsp3) is 0.217. The molecule has 1 spiro atoms. The normalized spacial score (nSPS) is 17.6. The number of anilines is 1. The zero-order valence-corrected chi connectivity index (χ0v) is 15.9. The Morgan fingerprint density at radius 1 is 1.03 bits per heavy atom. The molecule has 1 saturated heterocycles. The molecule has 0 radical (unpaired) electrons. The molecule has 2 heterocycles. The van der Waals surface area contributed by atoms with Crippen LogP contribution in [0.5, 0.6) is 0 Å². The highest BCUT2D eigenvalue weighted by atomic mass is 19.1. The number of nitrogens with one attached hydrogen (secondary N) is 1. The maximum absolute atomic E-state index is 14.1. The number of halogens is 1. The van der Waals surface area contributed by atoms with Gasteiger partial charge in [0.15, 0.2) is 0 Å². The lowest BCUT2D eigenvalue weighted by molar-refractivity contribution is 0.0686. The SMILES string of the molecule is NC1=NC2(CCN(C(=O)c3ccc4ccccc4c3)CC2)Nc2cccc(F)c21. The highest BCUT2D eigenvalue weighted by Crippen LogP contribution is 2.35. The molecular weight excluding hydrogens is 367 g/mol. The van der Waals surface area contributed by atoms with Crippen molar-refractivity contribution in [3.63, 3.8) is 0 Å². The van der Waals surface area contributed by atoms with Gasteiger partial charge in [-0.2, -0.15) is 0 Å². The van der Waals surface area contributed by atoms with Crippen LogP contribution in [0.1, 0.15) is 28.8 Å². The highest BCUT2D eigenvalue weighted by Gasteiger charge is 2.39. The average molecular weight is 388 g/mol. The molecule has 0 aromatic heterocycles. The fourth-order valence-corrected chi connectivity index (χ4v) is 4.28. The molecule has 6 heteroatoms. The minimum absolute atomic E-state index is 0.0183. The van der Waals surface area contributed by atoms with Crippen molar-refractivity contribution in [2.45, 2.75) is 18.5 Å². The van der Waals surface area contributed by atoms with Gasteiger partial charge in [0.05, 0.1) is 5.56 Å². The third kappa shape index (κ3) is 3.01. The largest absolute Gasteiger partial charge is 0.383 e. The number of benzene rings is 3. The van der Waals surface area contributed by atoms with Gasteiger partial charge >= 0.3 is 0 Å². The Morgan fingerprint density at radius 3 is 2.59 bits per heavy atom. The van der Waals surface area contributed by atoms with Crippen molar-refractivity contribution in [1.29, 1.82) is 0 Å². The quantitative estimate of drug-likeness (QED) is 0.667. The summed E-state index contributed by atoms with van der Waals surface area (Å²) in [5.41, 5.74) is 7.16. The van der Waals surface area contributed by atoms with E-state index in [-0.39, 0.29) is 17.6 Å². The van der Waals surface area contributed by atoms with E-state index in [1.165, 1.54) is 6.07 Å². The summed E-state index contributed by atoms with van der Waals surface area (Å²) in [5.74, 6) is -0.147. The molecule has 0 aliphatic carbocycles. The van der Waals surface area contributed by atoms with Crippen molar-refractivity contribution < 1.29 is 9.18 Å². The van der Waals surface area contributed by atoms with Gasteiger partial charge in [0.2, 0.25) is 0 Å². The van der Waals surface area contributed by atoms with Crippen LogP contribution in [0, 0.1) is 5.82 Å². The van der Waals surface area contributed by atoms with Crippen LogP contribution >= 0.6 is 0 Å². The van der Waals surface area contributed by atoms with Crippen LogP contribution in [0.2, 0.25) is 0 Å². The summed E-state index contributed by atoms with van der Waals surface area (Å²) in [7, 11) is 0. The number of nitrogens with two attached hydrogens (primary N) is 1. The molecule has 1 amide bonds. The van der Waals surface area contributed by atoms with Crippen molar-refractivity contribution in [3.8, 4) is 0 Å². The van der Waals surface area contributed by atoms with E-state index in [0.29, 0.717) is 42.7 Å². The molecule has 3 aromatic rings. The van der Waals surface area contributed by atoms with Crippen LogP contribution < -0.4 is 11.1 Å². The van der Waals surface area contributed by atoms with E-state index in [0.717, 1.165) is 10.8 Å². The highest BCUT2D eigenvalue weighted by molar-refractivity contribution is 6.04. The molecule has 146 valence electrons. The number of hydrogen-bond donors (Lipinski definition) is 2. The first-order valence-corrected chi connectivity index (χ1v) is 9.75. The first-order chi connectivity index (χ1) is 14.0. The predicted octanol–water partition coefficient (Wildman–Crippen LogP) is 3.74. The number of amides is 1. The number of amidine groups is 1. The third-order valence-corrected chi connectivity index (χ3v) is 5.85. The van der Waals surface area contributed by atoms with Crippen molar-refractivity contribution in [2.24, 2.45) is 10.7 Å². The number of carbonyl (C=O) groups is 1. The van der Waals surface area contributed by atoms with E-state index in [9.17, 15) is 9.18 Å². The lowest BCUT2D eigenvalue weighted by Crippen LogP contribution is -2.52. The third-order valence-electron chi connectivity index (χ3n) is 5.85.